The minimum Gasteiger partial charge on any atom is -0.494 e. The minimum absolute atomic E-state index is 0.0846. The Kier molecular flexibility index (Phi) is 20.1. The van der Waals surface area contributed by atoms with Gasteiger partial charge in [0.05, 0.1) is 46.2 Å². The third kappa shape index (κ3) is 15.4. The lowest BCUT2D eigenvalue weighted by atomic mass is 9.94. The Labute approximate surface area is 460 Å². The van der Waals surface area contributed by atoms with E-state index in [1.54, 1.807) is 35.5 Å². The van der Waals surface area contributed by atoms with Crippen LogP contribution in [-0.4, -0.2) is 155 Å². The average molecular weight is 1080 g/mol. The lowest BCUT2D eigenvalue weighted by molar-refractivity contribution is -0.137. The van der Waals surface area contributed by atoms with E-state index in [0.29, 0.717) is 140 Å². The molecule has 9 rings (SSSR count). The number of nitrogens with zero attached hydrogens (tertiary/aromatic N) is 9. The Hall–Kier alpha value is -7.62. The molecule has 0 aliphatic carbocycles. The number of rotatable bonds is 28. The van der Waals surface area contributed by atoms with E-state index in [4.69, 9.17) is 23.7 Å². The first kappa shape index (κ1) is 56.1. The molecule has 0 radical (unpaired) electrons. The van der Waals surface area contributed by atoms with Crippen LogP contribution in [-0.2, 0) is 48.7 Å². The highest BCUT2D eigenvalue weighted by atomic mass is 16.5. The summed E-state index contributed by atoms with van der Waals surface area (Å²) in [5.74, 6) is 1.76. The number of ether oxygens (including phenoxy) is 5. The Bertz CT molecular complexity index is 2910. The summed E-state index contributed by atoms with van der Waals surface area (Å²) in [5, 5.41) is 14.3. The van der Waals surface area contributed by atoms with Gasteiger partial charge in [-0.15, -0.1) is 10.2 Å². The monoisotopic (exact) mass is 1080 g/mol. The predicted molar refractivity (Wildman–Crippen MR) is 294 cm³/mol. The molecule has 5 aromatic rings. The van der Waals surface area contributed by atoms with Crippen molar-refractivity contribution in [3.8, 4) is 23.0 Å². The van der Waals surface area contributed by atoms with Gasteiger partial charge in [-0.2, -0.15) is 0 Å². The van der Waals surface area contributed by atoms with Gasteiger partial charge in [-0.25, -0.2) is 15.0 Å². The van der Waals surface area contributed by atoms with Crippen molar-refractivity contribution >= 4 is 47.1 Å². The molecule has 4 aliphatic heterocycles. The maximum Gasteiger partial charge on any atom is 0.276 e. The van der Waals surface area contributed by atoms with E-state index < -0.39 is 11.9 Å². The number of aliphatic imine (C=N–C) groups is 1. The van der Waals surface area contributed by atoms with Crippen LogP contribution in [0.1, 0.15) is 114 Å². The fourth-order valence-corrected chi connectivity index (χ4v) is 10.2. The Morgan fingerprint density at radius 3 is 2.37 bits per heavy atom. The maximum absolute atomic E-state index is 13.3. The number of carbonyl (C=O) groups is 5. The fraction of sp³-hybridized carbons (Fsp3) is 0.483. The van der Waals surface area contributed by atoms with Gasteiger partial charge in [0.1, 0.15) is 29.6 Å². The lowest BCUT2D eigenvalue weighted by Gasteiger charge is -2.36. The van der Waals surface area contributed by atoms with E-state index in [2.05, 4.69) is 40.7 Å². The predicted octanol–water partition coefficient (Wildman–Crippen LogP) is 6.32. The second-order valence-corrected chi connectivity index (χ2v) is 20.1. The van der Waals surface area contributed by atoms with E-state index in [-0.39, 0.29) is 36.0 Å². The molecule has 2 unspecified atom stereocenters. The molecule has 4 aliphatic rings. The summed E-state index contributed by atoms with van der Waals surface area (Å²) in [6.07, 6.45) is 13.2. The van der Waals surface area contributed by atoms with E-state index >= 15 is 0 Å². The topological polar surface area (TPSA) is 234 Å². The van der Waals surface area contributed by atoms with E-state index in [1.807, 2.05) is 65.0 Å². The van der Waals surface area contributed by atoms with Gasteiger partial charge in [-0.1, -0.05) is 18.9 Å². The third-order valence-corrected chi connectivity index (χ3v) is 14.7. The molecule has 21 nitrogen and oxygen atoms in total. The van der Waals surface area contributed by atoms with Crippen LogP contribution in [0.15, 0.2) is 84.2 Å². The van der Waals surface area contributed by atoms with Crippen LogP contribution < -0.4 is 25.0 Å². The number of aromatic nitrogens is 5. The van der Waals surface area contributed by atoms with Crippen LogP contribution in [0.5, 0.6) is 11.5 Å². The molecular weight excluding hydrogens is 1010 g/mol. The van der Waals surface area contributed by atoms with Crippen molar-refractivity contribution in [3.63, 3.8) is 0 Å². The number of nitrogens with one attached hydrogen (secondary N) is 2. The molecule has 2 saturated heterocycles. The number of hydrogen-bond acceptors (Lipinski definition) is 16. The van der Waals surface area contributed by atoms with Gasteiger partial charge in [-0.05, 0) is 111 Å². The smallest absolute Gasteiger partial charge is 0.276 e. The molecule has 0 bridgehead atoms. The number of hydrogen-bond donors (Lipinski definition) is 2. The van der Waals surface area contributed by atoms with E-state index in [0.717, 1.165) is 78.9 Å². The zero-order valence-electron chi connectivity index (χ0n) is 45.0. The summed E-state index contributed by atoms with van der Waals surface area (Å²) in [6.45, 7) is 8.00. The summed E-state index contributed by atoms with van der Waals surface area (Å²) in [4.78, 5) is 81.7. The zero-order chi connectivity index (χ0) is 54.8. The van der Waals surface area contributed by atoms with E-state index in [1.165, 1.54) is 6.33 Å². The highest BCUT2D eigenvalue weighted by molar-refractivity contribution is 6.05. The second kappa shape index (κ2) is 28.3. The summed E-state index contributed by atoms with van der Waals surface area (Å²) < 4.78 is 31.1. The summed E-state index contributed by atoms with van der Waals surface area (Å²) in [5.41, 5.74) is 5.35. The van der Waals surface area contributed by atoms with E-state index in [9.17, 15) is 24.0 Å². The molecule has 2 N–H and O–H groups in total. The number of amides is 5. The van der Waals surface area contributed by atoms with Crippen molar-refractivity contribution in [3.05, 3.63) is 107 Å². The number of unbranched alkanes of at least 4 members (excludes halogenated alkanes) is 5. The number of piperazine rings is 1. The van der Waals surface area contributed by atoms with Crippen LogP contribution in [0.3, 0.4) is 0 Å². The first-order valence-electron chi connectivity index (χ1n) is 27.7. The number of benzene rings is 3. The number of imide groups is 1. The molecule has 6 heterocycles. The molecule has 3 aromatic carbocycles. The van der Waals surface area contributed by atoms with Gasteiger partial charge in [-0.3, -0.25) is 29.3 Å². The van der Waals surface area contributed by atoms with Crippen LogP contribution in [0.25, 0.3) is 11.5 Å². The average Bonchev–Trinajstić information content (AvgIpc) is 4.21. The van der Waals surface area contributed by atoms with Crippen LogP contribution >= 0.6 is 0 Å². The maximum atomic E-state index is 13.3. The van der Waals surface area contributed by atoms with Crippen molar-refractivity contribution in [1.82, 2.24) is 39.8 Å². The second-order valence-electron chi connectivity index (χ2n) is 20.1. The highest BCUT2D eigenvalue weighted by Crippen LogP contribution is 2.36. The number of carbonyl (C=O) groups excluding carboxylic acids is 5. The Morgan fingerprint density at radius 1 is 0.823 bits per heavy atom. The minimum atomic E-state index is -0.634. The lowest BCUT2D eigenvalue weighted by Crippen LogP contribution is -2.52. The quantitative estimate of drug-likeness (QED) is 0.0317. The zero-order valence-corrected chi connectivity index (χ0v) is 45.0. The molecule has 2 atom stereocenters. The molecule has 0 saturated carbocycles. The fourth-order valence-electron chi connectivity index (χ4n) is 10.2. The van der Waals surface area contributed by atoms with Crippen LogP contribution in [0.2, 0.25) is 0 Å². The van der Waals surface area contributed by atoms with Crippen LogP contribution in [0, 0.1) is 0 Å². The normalized spacial score (nSPS) is 17.2. The van der Waals surface area contributed by atoms with Crippen LogP contribution in [0.4, 0.5) is 11.4 Å². The van der Waals surface area contributed by atoms with Gasteiger partial charge in [0.15, 0.2) is 11.6 Å². The van der Waals surface area contributed by atoms with Gasteiger partial charge >= 0.3 is 0 Å². The first-order valence-corrected chi connectivity index (χ1v) is 27.7. The summed E-state index contributed by atoms with van der Waals surface area (Å²) in [6, 6.07) is 20.0. The van der Waals surface area contributed by atoms with Crippen molar-refractivity contribution < 1.29 is 47.7 Å². The molecular formula is C58H71N11O10. The number of anilines is 2. The molecule has 0 spiro atoms. The first-order chi connectivity index (χ1) is 38.7. The molecule has 2 aromatic heterocycles. The Morgan fingerprint density at radius 2 is 1.59 bits per heavy atom. The number of piperidine rings is 1. The van der Waals surface area contributed by atoms with Gasteiger partial charge < -0.3 is 48.3 Å². The van der Waals surface area contributed by atoms with Gasteiger partial charge in [0.25, 0.3) is 11.8 Å². The SMILES string of the molecule is Cn1c(CNc2cccc(C(=O)N=CC3CCOc4ccc(OCCCCCCOCCOCCOCCCCCC(=O)N5CCN(c6ccc7c(c6)CN(C6CCC(=O)NC6=O)C7=O)CC5)cc43)c2)nnc1-c1ccncn1. The molecule has 79 heavy (non-hydrogen) atoms. The molecule has 2 fully saturated rings. The van der Waals surface area contributed by atoms with Crippen molar-refractivity contribution in [2.45, 2.75) is 95.7 Å². The molecule has 5 amide bonds. The highest BCUT2D eigenvalue weighted by Gasteiger charge is 2.39. The summed E-state index contributed by atoms with van der Waals surface area (Å²) >= 11 is 0. The molecule has 21 heteroatoms. The standard InChI is InChI=1S/C58H71N11O10/c1-66-52(64-65-55(66)49-19-21-59-40-62-49)38-60-44-11-9-10-41(34-44)56(72)61-37-42-20-29-79-51-17-14-46(36-48(42)51)78-28-8-3-2-6-26-75-30-32-77-33-31-76-27-7-4-5-12-54(71)68-24-22-67(23-25-68)45-13-15-47-43(35-45)39-69(58(47)74)50-16-18-53(70)63-57(50)73/h9-11,13-15,17,19,21,34-37,40,42,50,60H,2-8,12,16,18,20,22-33,38-39H2,1H3,(H,63,70,73). The molecule has 418 valence electrons. The largest absolute Gasteiger partial charge is 0.494 e. The van der Waals surface area contributed by atoms with Crippen molar-refractivity contribution in [1.29, 1.82) is 0 Å². The third-order valence-electron chi connectivity index (χ3n) is 14.7. The summed E-state index contributed by atoms with van der Waals surface area (Å²) in [7, 11) is 1.88. The van der Waals surface area contributed by atoms with Crippen molar-refractivity contribution in [2.24, 2.45) is 12.0 Å². The van der Waals surface area contributed by atoms with Crippen molar-refractivity contribution in [2.75, 3.05) is 89.3 Å². The number of fused-ring (bicyclic) bond motifs is 2. The Balaban J connectivity index is 0.557. The van der Waals surface area contributed by atoms with Gasteiger partial charge in [0.2, 0.25) is 17.7 Å². The van der Waals surface area contributed by atoms with Gasteiger partial charge in [0, 0.05) is 112 Å².